The van der Waals surface area contributed by atoms with Crippen molar-refractivity contribution in [3.8, 4) is 5.75 Å². The molecule has 0 radical (unpaired) electrons. The number of hydrogen-bond acceptors (Lipinski definition) is 5. The molecule has 2 heterocycles. The Kier molecular flexibility index (Phi) is 6.33. The molecule has 1 aromatic heterocycles. The van der Waals surface area contributed by atoms with Crippen LogP contribution in [0.4, 0.5) is 11.4 Å². The first-order valence-corrected chi connectivity index (χ1v) is 12.1. The molecule has 1 N–H and O–H groups in total. The van der Waals surface area contributed by atoms with Gasteiger partial charge in [-0.2, -0.15) is 0 Å². The quantitative estimate of drug-likeness (QED) is 0.509. The largest absolute Gasteiger partial charge is 0.496 e. The third-order valence-corrected chi connectivity index (χ3v) is 6.91. The van der Waals surface area contributed by atoms with Crippen LogP contribution in [-0.2, 0) is 22.4 Å². The first-order valence-electron chi connectivity index (χ1n) is 12.1. The van der Waals surface area contributed by atoms with Gasteiger partial charge >= 0.3 is 0 Å². The van der Waals surface area contributed by atoms with E-state index in [1.807, 2.05) is 38.1 Å². The Morgan fingerprint density at radius 1 is 1.12 bits per heavy atom. The van der Waals surface area contributed by atoms with Gasteiger partial charge in [-0.25, -0.2) is 0 Å². The van der Waals surface area contributed by atoms with Gasteiger partial charge in [0.15, 0.2) is 0 Å². The molecule has 0 spiro atoms. The van der Waals surface area contributed by atoms with Crippen molar-refractivity contribution < 1.29 is 18.7 Å². The van der Waals surface area contributed by atoms with Gasteiger partial charge in [-0.05, 0) is 69.0 Å². The number of benzene rings is 2. The number of morpholine rings is 1. The van der Waals surface area contributed by atoms with Crippen molar-refractivity contribution in [2.24, 2.45) is 0 Å². The molecule has 0 saturated carbocycles. The van der Waals surface area contributed by atoms with Crippen molar-refractivity contribution in [1.82, 2.24) is 0 Å². The summed E-state index contributed by atoms with van der Waals surface area (Å²) < 4.78 is 17.4. The molecule has 1 saturated heterocycles. The number of amides is 1. The second-order valence-corrected chi connectivity index (χ2v) is 9.13. The van der Waals surface area contributed by atoms with E-state index >= 15 is 0 Å². The summed E-state index contributed by atoms with van der Waals surface area (Å²) in [7, 11) is 1.67. The number of nitrogens with one attached hydrogen (secondary N) is 1. The maximum absolute atomic E-state index is 12.8. The van der Waals surface area contributed by atoms with Crippen LogP contribution in [0, 0.1) is 6.92 Å². The Morgan fingerprint density at radius 3 is 2.59 bits per heavy atom. The van der Waals surface area contributed by atoms with E-state index in [0.717, 1.165) is 89.7 Å². The molecule has 1 fully saturated rings. The molecule has 6 heteroatoms. The molecule has 0 atom stereocenters. The van der Waals surface area contributed by atoms with E-state index in [1.165, 1.54) is 18.4 Å². The molecule has 178 valence electrons. The predicted octanol–water partition coefficient (Wildman–Crippen LogP) is 5.51. The smallest absolute Gasteiger partial charge is 0.248 e. The van der Waals surface area contributed by atoms with Crippen molar-refractivity contribution in [2.45, 2.75) is 39.5 Å². The third kappa shape index (κ3) is 4.30. The first kappa shape index (κ1) is 22.5. The lowest BCUT2D eigenvalue weighted by Crippen LogP contribution is -2.36. The average molecular weight is 461 g/mol. The molecule has 6 nitrogen and oxygen atoms in total. The van der Waals surface area contributed by atoms with Crippen LogP contribution in [0.2, 0.25) is 0 Å². The number of ether oxygens (including phenoxy) is 2. The van der Waals surface area contributed by atoms with E-state index < -0.39 is 0 Å². The lowest BCUT2D eigenvalue weighted by Gasteiger charge is -2.28. The first-order chi connectivity index (χ1) is 16.5. The third-order valence-electron chi connectivity index (χ3n) is 6.91. The van der Waals surface area contributed by atoms with Crippen molar-refractivity contribution in [2.75, 3.05) is 43.6 Å². The maximum atomic E-state index is 12.8. The fourth-order valence-electron chi connectivity index (χ4n) is 5.12. The molecule has 1 amide bonds. The minimum atomic E-state index is -0.161. The van der Waals surface area contributed by atoms with Crippen molar-refractivity contribution in [1.29, 1.82) is 0 Å². The summed E-state index contributed by atoms with van der Waals surface area (Å²) in [5.74, 6) is 1.70. The van der Waals surface area contributed by atoms with Gasteiger partial charge in [0.2, 0.25) is 5.91 Å². The number of carbonyl (C=O) groups is 1. The number of aryl methyl sites for hydroxylation is 3. The van der Waals surface area contributed by atoms with E-state index in [1.54, 1.807) is 13.2 Å². The Morgan fingerprint density at radius 2 is 1.85 bits per heavy atom. The molecular formula is C28H32N2O4. The molecule has 3 aromatic rings. The summed E-state index contributed by atoms with van der Waals surface area (Å²) in [4.78, 5) is 15.1. The average Bonchev–Trinajstić information content (AvgIpc) is 3.24. The summed E-state index contributed by atoms with van der Waals surface area (Å²) in [6, 6.07) is 10.1. The number of methoxy groups -OCH3 is 1. The van der Waals surface area contributed by atoms with Gasteiger partial charge in [0, 0.05) is 59.0 Å². The highest BCUT2D eigenvalue weighted by atomic mass is 16.5. The SMILES string of the molecule is COc1c(/C(C)=C/C(=O)Nc2ccc(N3CCOCC3)cc2)cc2c3c(oc2c1C)CCCC3. The number of hydrogen-bond donors (Lipinski definition) is 1. The fourth-order valence-corrected chi connectivity index (χ4v) is 5.12. The number of anilines is 2. The molecule has 5 rings (SSSR count). The molecule has 2 aliphatic rings. The maximum Gasteiger partial charge on any atom is 0.248 e. The number of allylic oxidation sites excluding steroid dienone is 1. The summed E-state index contributed by atoms with van der Waals surface area (Å²) in [5.41, 5.74) is 6.90. The molecule has 1 aliphatic carbocycles. The molecule has 34 heavy (non-hydrogen) atoms. The van der Waals surface area contributed by atoms with Crippen molar-refractivity contribution in [3.63, 3.8) is 0 Å². The fraction of sp³-hybridized carbons (Fsp3) is 0.393. The predicted molar refractivity (Wildman–Crippen MR) is 136 cm³/mol. The second-order valence-electron chi connectivity index (χ2n) is 9.13. The molecule has 0 bridgehead atoms. The Labute approximate surface area is 200 Å². The minimum Gasteiger partial charge on any atom is -0.496 e. The summed E-state index contributed by atoms with van der Waals surface area (Å²) in [6.45, 7) is 7.26. The molecule has 0 unspecified atom stereocenters. The zero-order chi connectivity index (χ0) is 23.7. The minimum absolute atomic E-state index is 0.161. The normalized spacial score (nSPS) is 16.4. The van der Waals surface area contributed by atoms with Gasteiger partial charge in [0.05, 0.1) is 20.3 Å². The topological polar surface area (TPSA) is 63.9 Å². The standard InChI is InChI=1S/C28H32N2O4/c1-18(16-26(31)29-20-8-10-21(11-9-20)30-12-14-33-15-13-30)23-17-24-22-6-4-5-7-25(22)34-28(24)19(2)27(23)32-3/h8-11,16-17H,4-7,12-15H2,1-3H3,(H,29,31)/b18-16+. The van der Waals surface area contributed by atoms with Crippen LogP contribution in [0.5, 0.6) is 5.75 Å². The molecule has 1 aliphatic heterocycles. The highest BCUT2D eigenvalue weighted by Crippen LogP contribution is 2.41. The van der Waals surface area contributed by atoms with Gasteiger partial charge < -0.3 is 24.1 Å². The van der Waals surface area contributed by atoms with E-state index in [4.69, 9.17) is 13.9 Å². The number of furan rings is 1. The van der Waals surface area contributed by atoms with Crippen LogP contribution in [0.25, 0.3) is 16.5 Å². The Hall–Kier alpha value is -3.25. The van der Waals surface area contributed by atoms with Crippen LogP contribution in [-0.4, -0.2) is 39.3 Å². The van der Waals surface area contributed by atoms with Gasteiger partial charge in [-0.15, -0.1) is 0 Å². The van der Waals surface area contributed by atoms with Crippen molar-refractivity contribution in [3.05, 3.63) is 58.9 Å². The van der Waals surface area contributed by atoms with E-state index in [2.05, 4.69) is 16.3 Å². The number of fused-ring (bicyclic) bond motifs is 3. The Bertz CT molecular complexity index is 1230. The van der Waals surface area contributed by atoms with Gasteiger partial charge in [-0.3, -0.25) is 4.79 Å². The van der Waals surface area contributed by atoms with Gasteiger partial charge in [0.1, 0.15) is 17.1 Å². The zero-order valence-corrected chi connectivity index (χ0v) is 20.2. The van der Waals surface area contributed by atoms with Crippen LogP contribution in [0.3, 0.4) is 0 Å². The van der Waals surface area contributed by atoms with Crippen LogP contribution < -0.4 is 15.0 Å². The summed E-state index contributed by atoms with van der Waals surface area (Å²) in [6.07, 6.45) is 6.03. The number of nitrogens with zero attached hydrogens (tertiary/aromatic N) is 1. The lowest BCUT2D eigenvalue weighted by atomic mass is 9.93. The van der Waals surface area contributed by atoms with E-state index in [0.29, 0.717) is 0 Å². The number of rotatable bonds is 5. The highest BCUT2D eigenvalue weighted by molar-refractivity contribution is 6.05. The Balaban J connectivity index is 1.38. The van der Waals surface area contributed by atoms with Crippen LogP contribution in [0.1, 0.15) is 42.2 Å². The van der Waals surface area contributed by atoms with Gasteiger partial charge in [0.25, 0.3) is 0 Å². The summed E-state index contributed by atoms with van der Waals surface area (Å²) >= 11 is 0. The van der Waals surface area contributed by atoms with Crippen molar-refractivity contribution >= 4 is 33.8 Å². The second kappa shape index (κ2) is 9.55. The molecule has 2 aromatic carbocycles. The van der Waals surface area contributed by atoms with Gasteiger partial charge in [-0.1, -0.05) is 0 Å². The van der Waals surface area contributed by atoms with E-state index in [9.17, 15) is 4.79 Å². The van der Waals surface area contributed by atoms with E-state index in [-0.39, 0.29) is 5.91 Å². The highest BCUT2D eigenvalue weighted by Gasteiger charge is 2.23. The zero-order valence-electron chi connectivity index (χ0n) is 20.2. The molecular weight excluding hydrogens is 428 g/mol. The monoisotopic (exact) mass is 460 g/mol. The number of carbonyl (C=O) groups excluding carboxylic acids is 1. The lowest BCUT2D eigenvalue weighted by molar-refractivity contribution is -0.111. The van der Waals surface area contributed by atoms with Crippen LogP contribution >= 0.6 is 0 Å². The summed E-state index contributed by atoms with van der Waals surface area (Å²) in [5, 5.41) is 4.14. The van der Waals surface area contributed by atoms with Crippen LogP contribution in [0.15, 0.2) is 40.8 Å².